The van der Waals surface area contributed by atoms with Crippen molar-refractivity contribution in [1.29, 1.82) is 0 Å². The Bertz CT molecular complexity index is 1090. The summed E-state index contributed by atoms with van der Waals surface area (Å²) in [7, 11) is 0. The van der Waals surface area contributed by atoms with Crippen molar-refractivity contribution in [1.82, 2.24) is 19.7 Å². The molecule has 0 radical (unpaired) electrons. The first-order valence-corrected chi connectivity index (χ1v) is 9.40. The Balaban J connectivity index is 1.54. The van der Waals surface area contributed by atoms with Crippen molar-refractivity contribution < 1.29 is 9.18 Å². The van der Waals surface area contributed by atoms with Crippen LogP contribution in [-0.2, 0) is 6.42 Å². The molecule has 0 saturated carbocycles. The molecule has 5 nitrogen and oxygen atoms in total. The van der Waals surface area contributed by atoms with E-state index in [2.05, 4.69) is 15.3 Å². The van der Waals surface area contributed by atoms with Crippen LogP contribution in [0.4, 0.5) is 4.39 Å². The smallest absolute Gasteiger partial charge is 0.269 e. The molecule has 1 N–H and O–H groups in total. The average Bonchev–Trinajstić information content (AvgIpc) is 3.23. The van der Waals surface area contributed by atoms with Crippen LogP contribution in [0.5, 0.6) is 0 Å². The van der Waals surface area contributed by atoms with E-state index in [-0.39, 0.29) is 17.8 Å². The van der Waals surface area contributed by atoms with Crippen molar-refractivity contribution in [2.75, 3.05) is 0 Å². The zero-order valence-electron chi connectivity index (χ0n) is 14.6. The summed E-state index contributed by atoms with van der Waals surface area (Å²) in [6.45, 7) is 1.96. The molecule has 1 amide bonds. The van der Waals surface area contributed by atoms with Gasteiger partial charge in [-0.05, 0) is 37.1 Å². The predicted molar refractivity (Wildman–Crippen MR) is 103 cm³/mol. The fraction of sp³-hybridized carbons (Fsp3) is 0.150. The van der Waals surface area contributed by atoms with E-state index in [9.17, 15) is 9.18 Å². The molecule has 0 fully saturated rings. The van der Waals surface area contributed by atoms with Crippen LogP contribution in [0.25, 0.3) is 16.2 Å². The molecule has 136 valence electrons. The molecule has 4 aromatic rings. The third-order valence-electron chi connectivity index (χ3n) is 4.20. The first kappa shape index (κ1) is 17.4. The van der Waals surface area contributed by atoms with Crippen LogP contribution in [0.1, 0.15) is 23.0 Å². The summed E-state index contributed by atoms with van der Waals surface area (Å²) in [4.78, 5) is 22.0. The van der Waals surface area contributed by atoms with Gasteiger partial charge in [0.15, 0.2) is 4.96 Å². The maximum atomic E-state index is 13.5. The van der Waals surface area contributed by atoms with E-state index in [0.717, 1.165) is 5.56 Å². The molecule has 1 unspecified atom stereocenters. The topological polar surface area (TPSA) is 59.3 Å². The maximum Gasteiger partial charge on any atom is 0.269 e. The van der Waals surface area contributed by atoms with Crippen molar-refractivity contribution in [3.63, 3.8) is 0 Å². The second-order valence-electron chi connectivity index (χ2n) is 6.35. The number of rotatable bonds is 5. The lowest BCUT2D eigenvalue weighted by molar-refractivity contribution is 0.0934. The summed E-state index contributed by atoms with van der Waals surface area (Å²) in [6, 6.07) is 10.1. The Morgan fingerprint density at radius 3 is 3.00 bits per heavy atom. The van der Waals surface area contributed by atoms with Gasteiger partial charge < -0.3 is 5.32 Å². The van der Waals surface area contributed by atoms with Crippen LogP contribution in [0, 0.1) is 5.82 Å². The standard InChI is InChI=1S/C20H17FN4OS/c1-13(8-14-4-3-7-22-10-14)23-19(26)18-12-27-20-24-17(11-25(18)20)15-5-2-6-16(21)9-15/h2-7,9-13H,8H2,1H3,(H,23,26). The molecule has 1 aromatic carbocycles. The Hall–Kier alpha value is -3.06. The first-order valence-electron chi connectivity index (χ1n) is 8.52. The molecule has 0 spiro atoms. The molecule has 3 heterocycles. The van der Waals surface area contributed by atoms with Gasteiger partial charge in [0.2, 0.25) is 0 Å². The highest BCUT2D eigenvalue weighted by atomic mass is 32.1. The molecule has 0 bridgehead atoms. The number of carbonyl (C=O) groups is 1. The normalized spacial score (nSPS) is 12.2. The summed E-state index contributed by atoms with van der Waals surface area (Å²) in [5.74, 6) is -0.480. The van der Waals surface area contributed by atoms with Gasteiger partial charge in [-0.3, -0.25) is 14.2 Å². The second kappa shape index (κ2) is 7.28. The molecule has 7 heteroatoms. The summed E-state index contributed by atoms with van der Waals surface area (Å²) in [5.41, 5.74) is 2.90. The molecule has 1 atom stereocenters. The van der Waals surface area contributed by atoms with Gasteiger partial charge in [0.05, 0.1) is 5.69 Å². The number of nitrogens with zero attached hydrogens (tertiary/aromatic N) is 3. The second-order valence-corrected chi connectivity index (χ2v) is 7.19. The highest BCUT2D eigenvalue weighted by molar-refractivity contribution is 7.15. The number of aromatic nitrogens is 3. The lowest BCUT2D eigenvalue weighted by Gasteiger charge is -2.13. The highest BCUT2D eigenvalue weighted by Crippen LogP contribution is 2.24. The summed E-state index contributed by atoms with van der Waals surface area (Å²) < 4.78 is 15.2. The van der Waals surface area contributed by atoms with Gasteiger partial charge in [0.25, 0.3) is 5.91 Å². The molecule has 27 heavy (non-hydrogen) atoms. The van der Waals surface area contributed by atoms with Crippen LogP contribution < -0.4 is 5.32 Å². The van der Waals surface area contributed by atoms with Crippen molar-refractivity contribution in [2.24, 2.45) is 0 Å². The fourth-order valence-corrected chi connectivity index (χ4v) is 3.81. The van der Waals surface area contributed by atoms with Gasteiger partial charge in [-0.15, -0.1) is 11.3 Å². The van der Waals surface area contributed by atoms with Crippen LogP contribution in [0.2, 0.25) is 0 Å². The van der Waals surface area contributed by atoms with Gasteiger partial charge in [-0.1, -0.05) is 18.2 Å². The fourth-order valence-electron chi connectivity index (χ4n) is 2.96. The number of hydrogen-bond donors (Lipinski definition) is 1. The minimum Gasteiger partial charge on any atom is -0.348 e. The third kappa shape index (κ3) is 3.73. The highest BCUT2D eigenvalue weighted by Gasteiger charge is 2.17. The number of fused-ring (bicyclic) bond motifs is 1. The predicted octanol–water partition coefficient (Wildman–Crippen LogP) is 3.96. The quantitative estimate of drug-likeness (QED) is 0.570. The molecular formula is C20H17FN4OS. The number of nitrogens with one attached hydrogen (secondary N) is 1. The Kier molecular flexibility index (Phi) is 4.68. The van der Waals surface area contributed by atoms with Crippen LogP contribution in [0.3, 0.4) is 0 Å². The van der Waals surface area contributed by atoms with Gasteiger partial charge in [0, 0.05) is 35.6 Å². The number of amides is 1. The number of halogens is 1. The van der Waals surface area contributed by atoms with Crippen LogP contribution >= 0.6 is 11.3 Å². The van der Waals surface area contributed by atoms with E-state index >= 15 is 0 Å². The van der Waals surface area contributed by atoms with Gasteiger partial charge in [-0.2, -0.15) is 0 Å². The Morgan fingerprint density at radius 1 is 1.33 bits per heavy atom. The van der Waals surface area contributed by atoms with Crippen LogP contribution in [0.15, 0.2) is 60.4 Å². The molecule has 0 aliphatic heterocycles. The first-order chi connectivity index (χ1) is 13.1. The maximum absolute atomic E-state index is 13.5. The zero-order chi connectivity index (χ0) is 18.8. The lowest BCUT2D eigenvalue weighted by atomic mass is 10.1. The number of hydrogen-bond acceptors (Lipinski definition) is 4. The van der Waals surface area contributed by atoms with E-state index in [4.69, 9.17) is 0 Å². The molecule has 0 aliphatic carbocycles. The number of carbonyl (C=O) groups excluding carboxylic acids is 1. The number of pyridine rings is 1. The van der Waals surface area contributed by atoms with E-state index in [1.54, 1.807) is 40.5 Å². The molecular weight excluding hydrogens is 363 g/mol. The van der Waals surface area contributed by atoms with E-state index < -0.39 is 0 Å². The van der Waals surface area contributed by atoms with Gasteiger partial charge >= 0.3 is 0 Å². The van der Waals surface area contributed by atoms with Gasteiger partial charge in [0.1, 0.15) is 11.5 Å². The largest absolute Gasteiger partial charge is 0.348 e. The van der Waals surface area contributed by atoms with Gasteiger partial charge in [-0.25, -0.2) is 9.37 Å². The average molecular weight is 380 g/mol. The number of benzene rings is 1. The lowest BCUT2D eigenvalue weighted by Crippen LogP contribution is -2.34. The third-order valence-corrected chi connectivity index (χ3v) is 5.04. The van der Waals surface area contributed by atoms with Crippen LogP contribution in [-0.4, -0.2) is 26.3 Å². The van der Waals surface area contributed by atoms with Crippen molar-refractivity contribution >= 4 is 22.2 Å². The Labute approximate surface area is 159 Å². The molecule has 0 aliphatic rings. The van der Waals surface area contributed by atoms with Crippen molar-refractivity contribution in [3.05, 3.63) is 77.4 Å². The minimum atomic E-state index is -0.314. The van der Waals surface area contributed by atoms with Crippen molar-refractivity contribution in [2.45, 2.75) is 19.4 Å². The van der Waals surface area contributed by atoms with Crippen molar-refractivity contribution in [3.8, 4) is 11.3 Å². The monoisotopic (exact) mass is 380 g/mol. The summed E-state index contributed by atoms with van der Waals surface area (Å²) in [6.07, 6.45) is 5.99. The molecule has 3 aromatic heterocycles. The SMILES string of the molecule is CC(Cc1cccnc1)NC(=O)c1csc2nc(-c3cccc(F)c3)cn12. The molecule has 0 saturated heterocycles. The van der Waals surface area contributed by atoms with E-state index in [1.165, 1.54) is 23.5 Å². The number of imidazole rings is 1. The molecule has 4 rings (SSSR count). The summed E-state index contributed by atoms with van der Waals surface area (Å²) in [5, 5.41) is 4.79. The summed E-state index contributed by atoms with van der Waals surface area (Å²) >= 11 is 1.38. The van der Waals surface area contributed by atoms with E-state index in [0.29, 0.717) is 28.3 Å². The Morgan fingerprint density at radius 2 is 2.22 bits per heavy atom. The number of thiazole rings is 1. The minimum absolute atomic E-state index is 0.0390. The van der Waals surface area contributed by atoms with E-state index in [1.807, 2.05) is 19.1 Å². The zero-order valence-corrected chi connectivity index (χ0v) is 15.4.